The Morgan fingerprint density at radius 3 is 2.81 bits per heavy atom. The summed E-state index contributed by atoms with van der Waals surface area (Å²) < 4.78 is 28.9. The Hall–Kier alpha value is -0.960. The number of ether oxygens (including phenoxy) is 1. The van der Waals surface area contributed by atoms with Crippen LogP contribution in [0, 0.1) is 5.92 Å². The van der Waals surface area contributed by atoms with E-state index in [0.29, 0.717) is 24.8 Å². The van der Waals surface area contributed by atoms with Gasteiger partial charge in [-0.1, -0.05) is 6.92 Å². The molecule has 1 aromatic rings. The zero-order valence-corrected chi connectivity index (χ0v) is 20.7. The van der Waals surface area contributed by atoms with E-state index in [2.05, 4.69) is 24.8 Å². The minimum Gasteiger partial charge on any atom is -0.370 e. The molecule has 1 unspecified atom stereocenters. The monoisotopic (exact) mass is 468 g/mol. The van der Waals surface area contributed by atoms with Crippen molar-refractivity contribution in [1.82, 2.24) is 9.80 Å². The fourth-order valence-electron chi connectivity index (χ4n) is 5.41. The number of rotatable bonds is 7. The second-order valence-corrected chi connectivity index (χ2v) is 13.2. The minimum absolute atomic E-state index is 0.0940. The first-order valence-corrected chi connectivity index (χ1v) is 14.5. The molecule has 1 amide bonds. The molecular formula is C23H36N2O4S2. The summed E-state index contributed by atoms with van der Waals surface area (Å²) in [5, 5.41) is 0. The summed E-state index contributed by atoms with van der Waals surface area (Å²) >= 11 is 1.97. The third-order valence-corrected chi connectivity index (χ3v) is 9.54. The SMILES string of the molecule is CCc1cc2c(s1)CCOC21CCN(CC2CN(C(=O)CCCS(C)(=O)=O)C2)[C@@H](C)C1. The van der Waals surface area contributed by atoms with Gasteiger partial charge in [-0.15, -0.1) is 11.3 Å². The van der Waals surface area contributed by atoms with Crippen molar-refractivity contribution in [2.24, 2.45) is 5.92 Å². The summed E-state index contributed by atoms with van der Waals surface area (Å²) in [6.45, 7) is 9.06. The maximum atomic E-state index is 12.3. The zero-order chi connectivity index (χ0) is 22.2. The van der Waals surface area contributed by atoms with Gasteiger partial charge in [0.25, 0.3) is 0 Å². The maximum absolute atomic E-state index is 12.3. The number of hydrogen-bond donors (Lipinski definition) is 0. The van der Waals surface area contributed by atoms with Crippen LogP contribution >= 0.6 is 11.3 Å². The molecule has 0 aromatic carbocycles. The van der Waals surface area contributed by atoms with E-state index in [1.165, 1.54) is 21.6 Å². The van der Waals surface area contributed by atoms with Crippen molar-refractivity contribution in [3.05, 3.63) is 21.4 Å². The molecule has 8 heteroatoms. The van der Waals surface area contributed by atoms with Gasteiger partial charge in [0.1, 0.15) is 9.84 Å². The second kappa shape index (κ2) is 9.12. The van der Waals surface area contributed by atoms with Crippen LogP contribution in [-0.2, 0) is 37.8 Å². The average molecular weight is 469 g/mol. The fourth-order valence-corrected chi connectivity index (χ4v) is 7.26. The highest BCUT2D eigenvalue weighted by molar-refractivity contribution is 7.90. The van der Waals surface area contributed by atoms with E-state index < -0.39 is 9.84 Å². The van der Waals surface area contributed by atoms with Gasteiger partial charge < -0.3 is 14.5 Å². The highest BCUT2D eigenvalue weighted by Gasteiger charge is 2.45. The number of sulfone groups is 1. The lowest BCUT2D eigenvalue weighted by atomic mass is 9.79. The Kier molecular flexibility index (Phi) is 6.83. The van der Waals surface area contributed by atoms with Crippen molar-refractivity contribution in [1.29, 1.82) is 0 Å². The molecule has 0 saturated carbocycles. The number of likely N-dealkylation sites (tertiary alicyclic amines) is 2. The Balaban J connectivity index is 1.26. The highest BCUT2D eigenvalue weighted by atomic mass is 32.2. The summed E-state index contributed by atoms with van der Waals surface area (Å²) in [6.07, 6.45) is 6.22. The molecule has 3 aliphatic heterocycles. The summed E-state index contributed by atoms with van der Waals surface area (Å²) in [6, 6.07) is 2.87. The number of carbonyl (C=O) groups is 1. The summed E-state index contributed by atoms with van der Waals surface area (Å²) in [5.41, 5.74) is 1.36. The Bertz CT molecular complexity index is 907. The van der Waals surface area contributed by atoms with Gasteiger partial charge in [0.2, 0.25) is 5.91 Å². The van der Waals surface area contributed by atoms with E-state index in [1.807, 2.05) is 16.2 Å². The Labute approximate surface area is 190 Å². The average Bonchev–Trinajstić information content (AvgIpc) is 3.10. The second-order valence-electron chi connectivity index (χ2n) is 9.69. The van der Waals surface area contributed by atoms with Crippen LogP contribution in [0.5, 0.6) is 0 Å². The van der Waals surface area contributed by atoms with Crippen LogP contribution in [-0.4, -0.2) is 75.0 Å². The lowest BCUT2D eigenvalue weighted by Gasteiger charge is -2.49. The van der Waals surface area contributed by atoms with E-state index in [1.54, 1.807) is 0 Å². The fraction of sp³-hybridized carbons (Fsp3) is 0.783. The van der Waals surface area contributed by atoms with Crippen molar-refractivity contribution in [3.8, 4) is 0 Å². The number of aryl methyl sites for hydroxylation is 1. The topological polar surface area (TPSA) is 66.9 Å². The number of piperidine rings is 1. The van der Waals surface area contributed by atoms with Gasteiger partial charge in [-0.05, 0) is 44.2 Å². The molecular weight excluding hydrogens is 432 g/mol. The minimum atomic E-state index is -2.99. The molecule has 1 spiro atoms. The predicted molar refractivity (Wildman–Crippen MR) is 124 cm³/mol. The smallest absolute Gasteiger partial charge is 0.222 e. The first kappa shape index (κ1) is 23.2. The standard InChI is InChI=1S/C23H36N2O4S2/c1-4-19-12-20-21(30-19)7-10-29-23(20)8-9-24(17(2)13-23)14-18-15-25(16-18)22(26)6-5-11-31(3,27)28/h12,17-18H,4-11,13-16H2,1-3H3/t17-,23?/m0/s1. The third-order valence-electron chi connectivity index (χ3n) is 7.17. The number of amides is 1. The quantitative estimate of drug-likeness (QED) is 0.616. The molecule has 0 bridgehead atoms. The lowest BCUT2D eigenvalue weighted by molar-refractivity contribution is -0.139. The van der Waals surface area contributed by atoms with Gasteiger partial charge in [-0.3, -0.25) is 4.79 Å². The highest BCUT2D eigenvalue weighted by Crippen LogP contribution is 2.46. The molecule has 4 rings (SSSR count). The lowest BCUT2D eigenvalue weighted by Crippen LogP contribution is -2.57. The van der Waals surface area contributed by atoms with E-state index in [-0.39, 0.29) is 17.3 Å². The van der Waals surface area contributed by atoms with Crippen LogP contribution in [0.1, 0.15) is 54.8 Å². The number of thiophene rings is 1. The molecule has 2 saturated heterocycles. The van der Waals surface area contributed by atoms with Crippen molar-refractivity contribution in [3.63, 3.8) is 0 Å². The van der Waals surface area contributed by atoms with Gasteiger partial charge in [0, 0.05) is 67.0 Å². The van der Waals surface area contributed by atoms with Crippen molar-refractivity contribution < 1.29 is 17.9 Å². The number of fused-ring (bicyclic) bond motifs is 2. The number of hydrogen-bond acceptors (Lipinski definition) is 6. The van der Waals surface area contributed by atoms with Crippen LogP contribution in [0.4, 0.5) is 0 Å². The Morgan fingerprint density at radius 2 is 2.13 bits per heavy atom. The molecule has 3 aliphatic rings. The van der Waals surface area contributed by atoms with Crippen LogP contribution in [0.15, 0.2) is 6.07 Å². The largest absolute Gasteiger partial charge is 0.370 e. The van der Waals surface area contributed by atoms with Crippen LogP contribution in [0.3, 0.4) is 0 Å². The van der Waals surface area contributed by atoms with E-state index in [4.69, 9.17) is 4.74 Å². The zero-order valence-electron chi connectivity index (χ0n) is 19.1. The van der Waals surface area contributed by atoms with Gasteiger partial charge in [0.05, 0.1) is 18.0 Å². The van der Waals surface area contributed by atoms with Gasteiger partial charge in [-0.25, -0.2) is 8.42 Å². The maximum Gasteiger partial charge on any atom is 0.222 e. The van der Waals surface area contributed by atoms with Crippen LogP contribution in [0.2, 0.25) is 0 Å². The molecule has 2 fully saturated rings. The first-order valence-electron chi connectivity index (χ1n) is 11.6. The molecule has 6 nitrogen and oxygen atoms in total. The molecule has 2 atom stereocenters. The number of nitrogens with zero attached hydrogens (tertiary/aromatic N) is 2. The molecule has 4 heterocycles. The summed E-state index contributed by atoms with van der Waals surface area (Å²) in [7, 11) is -2.99. The first-order chi connectivity index (χ1) is 14.7. The summed E-state index contributed by atoms with van der Waals surface area (Å²) in [5.74, 6) is 0.709. The van der Waals surface area contributed by atoms with Crippen molar-refractivity contribution in [2.75, 3.05) is 44.8 Å². The number of carbonyl (C=O) groups excluding carboxylic acids is 1. The normalized spacial score (nSPS) is 27.3. The molecule has 0 N–H and O–H groups in total. The summed E-state index contributed by atoms with van der Waals surface area (Å²) in [4.78, 5) is 19.7. The van der Waals surface area contributed by atoms with Crippen LogP contribution in [0.25, 0.3) is 0 Å². The Morgan fingerprint density at radius 1 is 1.35 bits per heavy atom. The van der Waals surface area contributed by atoms with Gasteiger partial charge >= 0.3 is 0 Å². The van der Waals surface area contributed by atoms with E-state index >= 15 is 0 Å². The molecule has 1 aromatic heterocycles. The van der Waals surface area contributed by atoms with Gasteiger partial charge in [0.15, 0.2) is 0 Å². The van der Waals surface area contributed by atoms with Gasteiger partial charge in [-0.2, -0.15) is 0 Å². The third kappa shape index (κ3) is 5.18. The molecule has 0 aliphatic carbocycles. The predicted octanol–water partition coefficient (Wildman–Crippen LogP) is 2.85. The van der Waals surface area contributed by atoms with E-state index in [9.17, 15) is 13.2 Å². The molecule has 31 heavy (non-hydrogen) atoms. The van der Waals surface area contributed by atoms with Crippen molar-refractivity contribution in [2.45, 2.75) is 64.0 Å². The van der Waals surface area contributed by atoms with Crippen molar-refractivity contribution >= 4 is 27.1 Å². The molecule has 0 radical (unpaired) electrons. The van der Waals surface area contributed by atoms with E-state index in [0.717, 1.165) is 58.5 Å². The molecule has 174 valence electrons. The van der Waals surface area contributed by atoms with Crippen LogP contribution < -0.4 is 0 Å².